The molecular weight excluding hydrogens is 368 g/mol. The van der Waals surface area contributed by atoms with E-state index in [-0.39, 0.29) is 29.5 Å². The summed E-state index contributed by atoms with van der Waals surface area (Å²) in [5.41, 5.74) is 0.257. The van der Waals surface area contributed by atoms with Gasteiger partial charge < -0.3 is 14.8 Å². The number of nitrogens with one attached hydrogen (secondary N) is 1. The quantitative estimate of drug-likeness (QED) is 0.689. The average molecular weight is 401 g/mol. The normalized spacial score (nSPS) is 13.0. The van der Waals surface area contributed by atoms with Gasteiger partial charge in [-0.15, -0.1) is 0 Å². The Labute approximate surface area is 163 Å². The zero-order chi connectivity index (χ0) is 20.9. The molecule has 0 radical (unpaired) electrons. The zero-order valence-electron chi connectivity index (χ0n) is 17.4. The molecule has 0 aromatic heterocycles. The van der Waals surface area contributed by atoms with Gasteiger partial charge in [-0.05, 0) is 30.9 Å². The largest absolute Gasteiger partial charge is 0.497 e. The molecule has 0 aliphatic carbocycles. The number of carbonyl (C=O) groups is 1. The van der Waals surface area contributed by atoms with Crippen LogP contribution in [0.1, 0.15) is 34.6 Å². The van der Waals surface area contributed by atoms with Gasteiger partial charge in [-0.3, -0.25) is 9.10 Å². The zero-order valence-corrected chi connectivity index (χ0v) is 18.3. The molecule has 0 bridgehead atoms. The third kappa shape index (κ3) is 5.76. The Hall–Kier alpha value is -1.96. The second kappa shape index (κ2) is 9.30. The molecule has 1 atom stereocenters. The predicted octanol–water partition coefficient (Wildman–Crippen LogP) is 2.66. The maximum Gasteiger partial charge on any atom is 0.243 e. The highest BCUT2D eigenvalue weighted by Gasteiger charge is 2.33. The third-order valence-electron chi connectivity index (χ3n) is 4.46. The van der Waals surface area contributed by atoms with Gasteiger partial charge in [0, 0.05) is 12.1 Å². The molecule has 1 amide bonds. The van der Waals surface area contributed by atoms with Crippen molar-refractivity contribution in [1.29, 1.82) is 0 Å². The predicted molar refractivity (Wildman–Crippen MR) is 108 cm³/mol. The molecule has 1 unspecified atom stereocenters. The van der Waals surface area contributed by atoms with Crippen molar-refractivity contribution in [2.45, 2.75) is 46.7 Å². The van der Waals surface area contributed by atoms with Gasteiger partial charge in [0.2, 0.25) is 15.9 Å². The highest BCUT2D eigenvalue weighted by molar-refractivity contribution is 7.92. The second-order valence-corrected chi connectivity index (χ2v) is 9.15. The molecule has 7 nitrogen and oxygen atoms in total. The summed E-state index contributed by atoms with van der Waals surface area (Å²) in [5.74, 6) is 0.885. The van der Waals surface area contributed by atoms with Crippen LogP contribution >= 0.6 is 0 Å². The molecular formula is C19H32N2O5S. The average Bonchev–Trinajstić information content (AvgIpc) is 2.57. The van der Waals surface area contributed by atoms with Gasteiger partial charge in [0.05, 0.1) is 26.2 Å². The van der Waals surface area contributed by atoms with Crippen LogP contribution in [0.3, 0.4) is 0 Å². The number of carbonyl (C=O) groups excluding carboxylic acids is 1. The number of ether oxygens (including phenoxy) is 2. The minimum absolute atomic E-state index is 0.0615. The Bertz CT molecular complexity index is 738. The molecule has 0 heterocycles. The van der Waals surface area contributed by atoms with Crippen molar-refractivity contribution in [2.75, 3.05) is 24.8 Å². The summed E-state index contributed by atoms with van der Waals surface area (Å²) in [4.78, 5) is 12.9. The monoisotopic (exact) mass is 400 g/mol. The van der Waals surface area contributed by atoms with Crippen LogP contribution in [0.2, 0.25) is 0 Å². The molecule has 1 rings (SSSR count). The molecule has 1 aromatic carbocycles. The summed E-state index contributed by atoms with van der Waals surface area (Å²) in [6, 6.07) is 3.81. The van der Waals surface area contributed by atoms with Crippen molar-refractivity contribution in [2.24, 2.45) is 11.8 Å². The molecule has 8 heteroatoms. The summed E-state index contributed by atoms with van der Waals surface area (Å²) < 4.78 is 36.7. The van der Waals surface area contributed by atoms with Gasteiger partial charge in [0.15, 0.2) is 0 Å². The molecule has 1 aromatic rings. The van der Waals surface area contributed by atoms with E-state index in [0.717, 1.165) is 10.6 Å². The summed E-state index contributed by atoms with van der Waals surface area (Å²) in [5, 5.41) is 2.99. The van der Waals surface area contributed by atoms with Crippen LogP contribution in [0.25, 0.3) is 0 Å². The van der Waals surface area contributed by atoms with Gasteiger partial charge >= 0.3 is 0 Å². The first-order valence-corrected chi connectivity index (χ1v) is 10.8. The molecule has 0 saturated heterocycles. The number of hydrogen-bond donors (Lipinski definition) is 1. The van der Waals surface area contributed by atoms with Crippen molar-refractivity contribution < 1.29 is 22.7 Å². The van der Waals surface area contributed by atoms with E-state index in [4.69, 9.17) is 9.47 Å². The van der Waals surface area contributed by atoms with Crippen LogP contribution in [-0.2, 0) is 14.8 Å². The number of anilines is 1. The first kappa shape index (κ1) is 23.1. The highest BCUT2D eigenvalue weighted by Crippen LogP contribution is 2.35. The van der Waals surface area contributed by atoms with Crippen molar-refractivity contribution in [3.05, 3.63) is 18.2 Å². The van der Waals surface area contributed by atoms with Crippen LogP contribution in [0.15, 0.2) is 18.2 Å². The highest BCUT2D eigenvalue weighted by atomic mass is 32.2. The first-order chi connectivity index (χ1) is 12.4. The van der Waals surface area contributed by atoms with Crippen LogP contribution in [0.5, 0.6) is 11.5 Å². The third-order valence-corrected chi connectivity index (χ3v) is 5.68. The number of benzene rings is 1. The molecule has 0 spiro atoms. The van der Waals surface area contributed by atoms with E-state index >= 15 is 0 Å². The van der Waals surface area contributed by atoms with Crippen molar-refractivity contribution >= 4 is 21.6 Å². The maximum absolute atomic E-state index is 12.9. The molecule has 1 N–H and O–H groups in total. The lowest BCUT2D eigenvalue weighted by molar-refractivity contribution is -0.123. The van der Waals surface area contributed by atoms with Gasteiger partial charge in [0.25, 0.3) is 0 Å². The van der Waals surface area contributed by atoms with Crippen molar-refractivity contribution in [1.82, 2.24) is 5.32 Å². The van der Waals surface area contributed by atoms with E-state index in [9.17, 15) is 13.2 Å². The molecule has 0 saturated carbocycles. The topological polar surface area (TPSA) is 84.9 Å². The van der Waals surface area contributed by atoms with E-state index in [1.165, 1.54) is 14.2 Å². The minimum Gasteiger partial charge on any atom is -0.497 e. The SMILES string of the molecule is COc1ccc(OC)c(N(C(C)C(=O)NC(C(C)C)C(C)C)S(C)(=O)=O)c1. The van der Waals surface area contributed by atoms with Crippen molar-refractivity contribution in [3.8, 4) is 11.5 Å². The minimum atomic E-state index is -3.76. The Morgan fingerprint density at radius 1 is 1.04 bits per heavy atom. The fourth-order valence-electron chi connectivity index (χ4n) is 3.14. The fraction of sp³-hybridized carbons (Fsp3) is 0.632. The lowest BCUT2D eigenvalue weighted by Gasteiger charge is -2.32. The lowest BCUT2D eigenvalue weighted by atomic mass is 9.93. The van der Waals surface area contributed by atoms with Crippen LogP contribution in [0, 0.1) is 11.8 Å². The Balaban J connectivity index is 3.35. The van der Waals surface area contributed by atoms with Crippen LogP contribution in [-0.4, -0.2) is 46.9 Å². The standard InChI is InChI=1S/C19H32N2O5S/c1-12(2)18(13(3)4)20-19(22)14(5)21(27(8,23)24)16-11-15(25-6)9-10-17(16)26-7/h9-14,18H,1-8H3,(H,20,22). The smallest absolute Gasteiger partial charge is 0.243 e. The number of rotatable bonds is 9. The Morgan fingerprint density at radius 2 is 1.59 bits per heavy atom. The second-order valence-electron chi connectivity index (χ2n) is 7.29. The molecule has 0 aliphatic heterocycles. The van der Waals surface area contributed by atoms with Gasteiger partial charge in [-0.25, -0.2) is 8.42 Å². The van der Waals surface area contributed by atoms with E-state index in [2.05, 4.69) is 5.32 Å². The molecule has 154 valence electrons. The fourth-order valence-corrected chi connectivity index (χ4v) is 4.31. The van der Waals surface area contributed by atoms with E-state index < -0.39 is 16.1 Å². The number of nitrogens with zero attached hydrogens (tertiary/aromatic N) is 1. The van der Waals surface area contributed by atoms with Crippen LogP contribution < -0.4 is 19.1 Å². The lowest BCUT2D eigenvalue weighted by Crippen LogP contribution is -2.52. The van der Waals surface area contributed by atoms with Gasteiger partial charge in [-0.2, -0.15) is 0 Å². The Morgan fingerprint density at radius 3 is 2.00 bits per heavy atom. The number of hydrogen-bond acceptors (Lipinski definition) is 5. The summed E-state index contributed by atoms with van der Waals surface area (Å²) >= 11 is 0. The van der Waals surface area contributed by atoms with Gasteiger partial charge in [0.1, 0.15) is 17.5 Å². The number of sulfonamides is 1. The maximum atomic E-state index is 12.9. The summed E-state index contributed by atoms with van der Waals surface area (Å²) in [7, 11) is -0.822. The van der Waals surface area contributed by atoms with E-state index in [0.29, 0.717) is 11.5 Å². The summed E-state index contributed by atoms with van der Waals surface area (Å²) in [6.07, 6.45) is 1.07. The first-order valence-electron chi connectivity index (χ1n) is 8.95. The van der Waals surface area contributed by atoms with Gasteiger partial charge in [-0.1, -0.05) is 27.7 Å². The molecule has 0 aliphatic rings. The number of methoxy groups -OCH3 is 2. The molecule has 27 heavy (non-hydrogen) atoms. The van der Waals surface area contributed by atoms with E-state index in [1.807, 2.05) is 27.7 Å². The number of amides is 1. The Kier molecular flexibility index (Phi) is 7.95. The van der Waals surface area contributed by atoms with Crippen molar-refractivity contribution in [3.63, 3.8) is 0 Å². The molecule has 0 fully saturated rings. The summed E-state index contributed by atoms with van der Waals surface area (Å²) in [6.45, 7) is 9.65. The van der Waals surface area contributed by atoms with Crippen LogP contribution in [0.4, 0.5) is 5.69 Å². The van der Waals surface area contributed by atoms with E-state index in [1.54, 1.807) is 25.1 Å².